The van der Waals surface area contributed by atoms with E-state index in [1.165, 1.54) is 12.1 Å². The average Bonchev–Trinajstić information content (AvgIpc) is 2.88. The number of nitrogens with one attached hydrogen (secondary N) is 1. The Labute approximate surface area is 225 Å². The summed E-state index contributed by atoms with van der Waals surface area (Å²) < 4.78 is 39.0. The van der Waals surface area contributed by atoms with Crippen LogP contribution in [0, 0.1) is 0 Å². The molecule has 204 valence electrons. The van der Waals surface area contributed by atoms with Gasteiger partial charge in [-0.15, -0.1) is 0 Å². The van der Waals surface area contributed by atoms with Gasteiger partial charge in [0, 0.05) is 50.6 Å². The van der Waals surface area contributed by atoms with Crippen LogP contribution in [0.15, 0.2) is 42.6 Å². The van der Waals surface area contributed by atoms with Gasteiger partial charge in [-0.1, -0.05) is 25.4 Å². The molecule has 38 heavy (non-hydrogen) atoms. The molecule has 0 saturated carbocycles. The number of rotatable bonds is 9. The number of aromatic nitrogens is 4. The lowest BCUT2D eigenvalue weighted by Crippen LogP contribution is -2.53. The van der Waals surface area contributed by atoms with Crippen LogP contribution in [0.3, 0.4) is 0 Å². The third-order valence-corrected chi connectivity index (χ3v) is 6.57. The first-order valence-corrected chi connectivity index (χ1v) is 13.1. The van der Waals surface area contributed by atoms with Gasteiger partial charge in [-0.05, 0) is 56.2 Å². The Bertz CT molecular complexity index is 1200. The molecule has 0 unspecified atom stereocenters. The van der Waals surface area contributed by atoms with Gasteiger partial charge in [0.1, 0.15) is 5.82 Å². The van der Waals surface area contributed by atoms with E-state index in [1.807, 2.05) is 6.07 Å². The van der Waals surface area contributed by atoms with E-state index in [2.05, 4.69) is 55.7 Å². The summed E-state index contributed by atoms with van der Waals surface area (Å²) >= 11 is 6.38. The lowest BCUT2D eigenvalue weighted by Gasteiger charge is -2.40. The molecule has 0 bridgehead atoms. The van der Waals surface area contributed by atoms with Crippen molar-refractivity contribution < 1.29 is 13.2 Å². The van der Waals surface area contributed by atoms with E-state index < -0.39 is 11.7 Å². The molecular formula is C26H32ClF3N8. The van der Waals surface area contributed by atoms with Gasteiger partial charge in [0.2, 0.25) is 17.8 Å². The maximum Gasteiger partial charge on any atom is 0.416 e. The van der Waals surface area contributed by atoms with E-state index in [4.69, 9.17) is 16.6 Å². The molecule has 1 aliphatic heterocycles. The highest BCUT2D eigenvalue weighted by molar-refractivity contribution is 6.32. The number of alkyl halides is 3. The van der Waals surface area contributed by atoms with Crippen LogP contribution in [0.1, 0.15) is 39.2 Å². The molecule has 8 nitrogen and oxygen atoms in total. The van der Waals surface area contributed by atoms with Gasteiger partial charge in [0.15, 0.2) is 0 Å². The molecule has 1 saturated heterocycles. The van der Waals surface area contributed by atoms with Crippen LogP contribution >= 0.6 is 11.6 Å². The Balaban J connectivity index is 1.62. The smallest absolute Gasteiger partial charge is 0.352 e. The Morgan fingerprint density at radius 3 is 2.34 bits per heavy atom. The molecule has 0 radical (unpaired) electrons. The Morgan fingerprint density at radius 1 is 1.03 bits per heavy atom. The van der Waals surface area contributed by atoms with E-state index in [0.717, 1.165) is 43.9 Å². The van der Waals surface area contributed by atoms with E-state index in [1.54, 1.807) is 12.3 Å². The molecule has 4 rings (SSSR count). The molecule has 3 aromatic rings. The molecule has 1 N–H and O–H groups in total. The van der Waals surface area contributed by atoms with Gasteiger partial charge in [-0.25, -0.2) is 4.98 Å². The molecule has 1 fully saturated rings. The van der Waals surface area contributed by atoms with Crippen molar-refractivity contribution in [2.24, 2.45) is 0 Å². The van der Waals surface area contributed by atoms with Crippen molar-refractivity contribution in [3.63, 3.8) is 0 Å². The third-order valence-electron chi connectivity index (χ3n) is 6.27. The first-order chi connectivity index (χ1) is 18.2. The lowest BCUT2D eigenvalue weighted by atomic mass is 10.2. The van der Waals surface area contributed by atoms with E-state index in [-0.39, 0.29) is 12.0 Å². The predicted octanol–water partition coefficient (Wildman–Crippen LogP) is 6.02. The lowest BCUT2D eigenvalue weighted by molar-refractivity contribution is -0.137. The topological polar surface area (TPSA) is 73.3 Å². The van der Waals surface area contributed by atoms with Crippen molar-refractivity contribution in [1.82, 2.24) is 19.9 Å². The Hall–Kier alpha value is -3.34. The normalized spacial score (nSPS) is 16.0. The fourth-order valence-corrected chi connectivity index (χ4v) is 4.70. The number of nitrogens with zero attached hydrogens (tertiary/aromatic N) is 7. The second kappa shape index (κ2) is 12.0. The number of benzene rings is 1. The molecule has 3 heterocycles. The molecule has 12 heteroatoms. The maximum absolute atomic E-state index is 13.0. The minimum Gasteiger partial charge on any atom is -0.352 e. The molecular weight excluding hydrogens is 517 g/mol. The van der Waals surface area contributed by atoms with Gasteiger partial charge in [0.05, 0.1) is 10.6 Å². The van der Waals surface area contributed by atoms with Crippen molar-refractivity contribution in [3.8, 4) is 0 Å². The number of piperazine rings is 1. The van der Waals surface area contributed by atoms with Crippen LogP contribution in [0.2, 0.25) is 5.02 Å². The predicted molar refractivity (Wildman–Crippen MR) is 146 cm³/mol. The second-order valence-corrected chi connectivity index (χ2v) is 9.65. The van der Waals surface area contributed by atoms with Crippen molar-refractivity contribution >= 4 is 41.0 Å². The van der Waals surface area contributed by atoms with Crippen molar-refractivity contribution in [3.05, 3.63) is 53.2 Å². The molecule has 0 amide bonds. The summed E-state index contributed by atoms with van der Waals surface area (Å²) in [6.45, 7) is 9.82. The SMILES string of the molecule is CCCN(CCC)c1nc(Nc2ccc(C(F)(F)F)cc2)nc(N2CCN(c3ncccc3Cl)C[C@H]2C)n1. The molecule has 2 aromatic heterocycles. The van der Waals surface area contributed by atoms with Crippen LogP contribution in [-0.4, -0.2) is 58.7 Å². The minimum absolute atomic E-state index is 0.0433. The number of pyridine rings is 1. The summed E-state index contributed by atoms with van der Waals surface area (Å²) in [7, 11) is 0. The van der Waals surface area contributed by atoms with Gasteiger partial charge >= 0.3 is 6.18 Å². The Morgan fingerprint density at radius 2 is 1.74 bits per heavy atom. The monoisotopic (exact) mass is 548 g/mol. The fourth-order valence-electron chi connectivity index (χ4n) is 4.46. The summed E-state index contributed by atoms with van der Waals surface area (Å²) in [5.41, 5.74) is -0.252. The van der Waals surface area contributed by atoms with Crippen molar-refractivity contribution in [2.45, 2.75) is 45.8 Å². The summed E-state index contributed by atoms with van der Waals surface area (Å²) in [4.78, 5) is 25.0. The first-order valence-electron chi connectivity index (χ1n) is 12.8. The Kier molecular flexibility index (Phi) is 8.76. The van der Waals surface area contributed by atoms with Gasteiger partial charge < -0.3 is 20.0 Å². The number of hydrogen-bond acceptors (Lipinski definition) is 8. The van der Waals surface area contributed by atoms with Gasteiger partial charge in [-0.3, -0.25) is 0 Å². The van der Waals surface area contributed by atoms with Crippen LogP contribution in [0.4, 0.5) is 42.5 Å². The highest BCUT2D eigenvalue weighted by Gasteiger charge is 2.31. The van der Waals surface area contributed by atoms with Gasteiger partial charge in [-0.2, -0.15) is 28.1 Å². The van der Waals surface area contributed by atoms with Gasteiger partial charge in [0.25, 0.3) is 0 Å². The minimum atomic E-state index is -4.40. The highest BCUT2D eigenvalue weighted by atomic mass is 35.5. The van der Waals surface area contributed by atoms with Crippen LogP contribution in [0.5, 0.6) is 0 Å². The first kappa shape index (κ1) is 27.7. The summed E-state index contributed by atoms with van der Waals surface area (Å²) in [6.07, 6.45) is -0.832. The zero-order valence-electron chi connectivity index (χ0n) is 21.7. The molecule has 0 aliphatic carbocycles. The van der Waals surface area contributed by atoms with Crippen molar-refractivity contribution in [2.75, 3.05) is 52.7 Å². The quantitative estimate of drug-likeness (QED) is 0.348. The molecule has 1 atom stereocenters. The van der Waals surface area contributed by atoms with E-state index >= 15 is 0 Å². The van der Waals surface area contributed by atoms with Crippen LogP contribution in [-0.2, 0) is 6.18 Å². The summed E-state index contributed by atoms with van der Waals surface area (Å²) in [6, 6.07) is 8.50. The summed E-state index contributed by atoms with van der Waals surface area (Å²) in [5.74, 6) is 2.08. The standard InChI is InChI=1S/C26H32ClF3N8/c1-4-13-36(14-5-2)24-33-23(32-20-10-8-19(9-11-20)26(28,29)30)34-25(35-24)38-16-15-37(17-18(38)3)22-21(27)7-6-12-31-22/h6-12,18H,4-5,13-17H2,1-3H3,(H,32,33,34,35)/t18-/m1/s1. The maximum atomic E-state index is 13.0. The highest BCUT2D eigenvalue weighted by Crippen LogP contribution is 2.31. The third kappa shape index (κ3) is 6.56. The second-order valence-electron chi connectivity index (χ2n) is 9.24. The van der Waals surface area contributed by atoms with E-state index in [9.17, 15) is 13.2 Å². The zero-order valence-corrected chi connectivity index (χ0v) is 22.5. The molecule has 1 aliphatic rings. The molecule has 0 spiro atoms. The zero-order chi connectivity index (χ0) is 27.3. The number of halogens is 4. The van der Waals surface area contributed by atoms with Crippen LogP contribution in [0.25, 0.3) is 0 Å². The summed E-state index contributed by atoms with van der Waals surface area (Å²) in [5, 5.41) is 3.68. The van der Waals surface area contributed by atoms with E-state index in [0.29, 0.717) is 42.2 Å². The molecule has 1 aromatic carbocycles. The fraction of sp³-hybridized carbons (Fsp3) is 0.462. The number of anilines is 5. The average molecular weight is 549 g/mol. The van der Waals surface area contributed by atoms with Crippen molar-refractivity contribution in [1.29, 1.82) is 0 Å². The number of hydrogen-bond donors (Lipinski definition) is 1. The largest absolute Gasteiger partial charge is 0.416 e. The van der Waals surface area contributed by atoms with Crippen LogP contribution < -0.4 is 20.0 Å².